The Morgan fingerprint density at radius 2 is 2.29 bits per heavy atom. The zero-order valence-corrected chi connectivity index (χ0v) is 13.6. The molecular weight excluding hydrogens is 336 g/mol. The predicted octanol–water partition coefficient (Wildman–Crippen LogP) is 3.54. The Morgan fingerprint density at radius 1 is 1.52 bits per heavy atom. The highest BCUT2D eigenvalue weighted by atomic mass is 79.9. The van der Waals surface area contributed by atoms with Crippen molar-refractivity contribution in [1.29, 1.82) is 0 Å². The number of nitrogens with zero attached hydrogens (tertiary/aromatic N) is 2. The molecule has 1 heterocycles. The van der Waals surface area contributed by atoms with Crippen LogP contribution in [-0.4, -0.2) is 34.2 Å². The summed E-state index contributed by atoms with van der Waals surface area (Å²) in [5, 5.41) is 11.9. The summed E-state index contributed by atoms with van der Waals surface area (Å²) in [6.07, 6.45) is 3.19. The second-order valence-electron chi connectivity index (χ2n) is 5.50. The normalized spacial score (nSPS) is 18.6. The second-order valence-corrected chi connectivity index (χ2v) is 6.29. The largest absolute Gasteiger partial charge is 0.338 e. The number of carbonyl (C=O) groups is 1. The Balaban J connectivity index is 2.16. The van der Waals surface area contributed by atoms with Gasteiger partial charge in [-0.1, -0.05) is 22.0 Å². The summed E-state index contributed by atoms with van der Waals surface area (Å²) in [7, 11) is 0. The average molecular weight is 355 g/mol. The van der Waals surface area contributed by atoms with Crippen LogP contribution in [0.4, 0.5) is 5.69 Å². The van der Waals surface area contributed by atoms with E-state index in [0.717, 1.165) is 37.7 Å². The molecule has 5 nitrogen and oxygen atoms in total. The fourth-order valence-corrected chi connectivity index (χ4v) is 3.41. The molecule has 0 aliphatic carbocycles. The molecule has 0 saturated carbocycles. The fraction of sp³-hybridized carbons (Fsp3) is 0.533. The van der Waals surface area contributed by atoms with E-state index in [2.05, 4.69) is 15.9 Å². The number of hydrogen-bond donors (Lipinski definition) is 0. The van der Waals surface area contributed by atoms with Crippen LogP contribution in [0.25, 0.3) is 0 Å². The van der Waals surface area contributed by atoms with E-state index in [1.165, 1.54) is 6.07 Å². The van der Waals surface area contributed by atoms with Gasteiger partial charge in [-0.3, -0.25) is 14.9 Å². The molecule has 1 atom stereocenters. The van der Waals surface area contributed by atoms with Crippen molar-refractivity contribution in [3.8, 4) is 0 Å². The number of benzene rings is 1. The summed E-state index contributed by atoms with van der Waals surface area (Å²) in [5.74, 6) is 0.417. The first kappa shape index (κ1) is 15.9. The molecule has 2 rings (SSSR count). The summed E-state index contributed by atoms with van der Waals surface area (Å²) >= 11 is 3.44. The van der Waals surface area contributed by atoms with E-state index in [0.29, 0.717) is 17.0 Å². The number of aryl methyl sites for hydroxylation is 1. The monoisotopic (exact) mass is 354 g/mol. The minimum absolute atomic E-state index is 0.00914. The van der Waals surface area contributed by atoms with Gasteiger partial charge in [-0.15, -0.1) is 0 Å². The van der Waals surface area contributed by atoms with Crippen LogP contribution < -0.4 is 0 Å². The van der Waals surface area contributed by atoms with Gasteiger partial charge in [-0.2, -0.15) is 0 Å². The van der Waals surface area contributed by atoms with Gasteiger partial charge in [0.2, 0.25) is 0 Å². The van der Waals surface area contributed by atoms with Crippen molar-refractivity contribution in [3.05, 3.63) is 39.4 Å². The van der Waals surface area contributed by atoms with Crippen LogP contribution in [0, 0.1) is 23.0 Å². The molecule has 6 heteroatoms. The number of rotatable bonds is 4. The first-order chi connectivity index (χ1) is 10.0. The number of amides is 1. The molecule has 1 saturated heterocycles. The first-order valence-corrected chi connectivity index (χ1v) is 8.25. The van der Waals surface area contributed by atoms with Gasteiger partial charge in [0.25, 0.3) is 11.6 Å². The van der Waals surface area contributed by atoms with Crippen molar-refractivity contribution in [2.45, 2.75) is 26.2 Å². The highest BCUT2D eigenvalue weighted by Gasteiger charge is 2.25. The maximum absolute atomic E-state index is 12.5. The molecule has 1 unspecified atom stereocenters. The summed E-state index contributed by atoms with van der Waals surface area (Å²) in [6.45, 7) is 3.16. The Bertz CT molecular complexity index is 546. The Labute approximate surface area is 132 Å². The molecule has 1 aromatic rings. The van der Waals surface area contributed by atoms with Crippen LogP contribution in [0.15, 0.2) is 18.2 Å². The van der Waals surface area contributed by atoms with Crippen molar-refractivity contribution in [1.82, 2.24) is 4.90 Å². The number of piperidine rings is 1. The van der Waals surface area contributed by atoms with Crippen LogP contribution in [0.1, 0.15) is 35.2 Å². The van der Waals surface area contributed by atoms with Gasteiger partial charge in [0, 0.05) is 35.6 Å². The molecule has 0 radical (unpaired) electrons. The topological polar surface area (TPSA) is 63.5 Å². The Hall–Kier alpha value is -1.43. The molecule has 1 aromatic carbocycles. The summed E-state index contributed by atoms with van der Waals surface area (Å²) in [5.41, 5.74) is 0.994. The van der Waals surface area contributed by atoms with E-state index in [4.69, 9.17) is 0 Å². The second kappa shape index (κ2) is 7.02. The molecule has 0 aromatic heterocycles. The number of alkyl halides is 1. The SMILES string of the molecule is Cc1ccc(C(=O)N2CCCC(CCBr)C2)cc1[N+](=O)[O-]. The van der Waals surface area contributed by atoms with Gasteiger partial charge in [-0.25, -0.2) is 0 Å². The molecule has 1 amide bonds. The van der Waals surface area contributed by atoms with E-state index >= 15 is 0 Å². The molecule has 21 heavy (non-hydrogen) atoms. The molecule has 1 aliphatic heterocycles. The van der Waals surface area contributed by atoms with Crippen LogP contribution in [-0.2, 0) is 0 Å². The standard InChI is InChI=1S/C15H19BrN2O3/c1-11-4-5-13(9-14(11)18(20)21)15(19)17-8-2-3-12(10-17)6-7-16/h4-5,9,12H,2-3,6-8,10H2,1H3. The summed E-state index contributed by atoms with van der Waals surface area (Å²) < 4.78 is 0. The lowest BCUT2D eigenvalue weighted by molar-refractivity contribution is -0.385. The van der Waals surface area contributed by atoms with Crippen molar-refractivity contribution in [3.63, 3.8) is 0 Å². The van der Waals surface area contributed by atoms with Crippen LogP contribution >= 0.6 is 15.9 Å². The predicted molar refractivity (Wildman–Crippen MR) is 84.9 cm³/mol. The van der Waals surface area contributed by atoms with Gasteiger partial charge in [-0.05, 0) is 38.2 Å². The Kier molecular flexibility index (Phi) is 5.33. The highest BCUT2D eigenvalue weighted by molar-refractivity contribution is 9.09. The zero-order chi connectivity index (χ0) is 15.4. The summed E-state index contributed by atoms with van der Waals surface area (Å²) in [6, 6.07) is 4.72. The number of hydrogen-bond acceptors (Lipinski definition) is 3. The number of carbonyl (C=O) groups excluding carboxylic acids is 1. The van der Waals surface area contributed by atoms with Gasteiger partial charge >= 0.3 is 0 Å². The molecule has 0 spiro atoms. The van der Waals surface area contributed by atoms with Crippen LogP contribution in [0.3, 0.4) is 0 Å². The molecule has 1 aliphatic rings. The Morgan fingerprint density at radius 3 is 2.95 bits per heavy atom. The lowest BCUT2D eigenvalue weighted by Gasteiger charge is -2.32. The minimum atomic E-state index is -0.435. The van der Waals surface area contributed by atoms with E-state index in [9.17, 15) is 14.9 Å². The van der Waals surface area contributed by atoms with E-state index in [-0.39, 0.29) is 11.6 Å². The van der Waals surface area contributed by atoms with E-state index in [1.807, 2.05) is 4.90 Å². The smallest absolute Gasteiger partial charge is 0.273 e. The maximum Gasteiger partial charge on any atom is 0.273 e. The summed E-state index contributed by atoms with van der Waals surface area (Å²) in [4.78, 5) is 24.9. The van der Waals surface area contributed by atoms with Crippen LogP contribution in [0.5, 0.6) is 0 Å². The molecule has 0 N–H and O–H groups in total. The van der Waals surface area contributed by atoms with E-state index in [1.54, 1.807) is 19.1 Å². The van der Waals surface area contributed by atoms with Gasteiger partial charge in [0.15, 0.2) is 0 Å². The number of likely N-dealkylation sites (tertiary alicyclic amines) is 1. The quantitative estimate of drug-likeness (QED) is 0.471. The van der Waals surface area contributed by atoms with Gasteiger partial charge in [0.1, 0.15) is 0 Å². The van der Waals surface area contributed by atoms with E-state index < -0.39 is 4.92 Å². The van der Waals surface area contributed by atoms with Crippen LogP contribution in [0.2, 0.25) is 0 Å². The number of nitro benzene ring substituents is 1. The average Bonchev–Trinajstić information content (AvgIpc) is 2.47. The molecule has 0 bridgehead atoms. The fourth-order valence-electron chi connectivity index (χ4n) is 2.76. The highest BCUT2D eigenvalue weighted by Crippen LogP contribution is 2.24. The molecule has 1 fully saturated rings. The van der Waals surface area contributed by atoms with Crippen molar-refractivity contribution in [2.24, 2.45) is 5.92 Å². The molecule has 114 valence electrons. The van der Waals surface area contributed by atoms with Crippen molar-refractivity contribution in [2.75, 3.05) is 18.4 Å². The lowest BCUT2D eigenvalue weighted by Crippen LogP contribution is -2.40. The number of nitro groups is 1. The van der Waals surface area contributed by atoms with Crippen molar-refractivity contribution < 1.29 is 9.72 Å². The third-order valence-corrected chi connectivity index (χ3v) is 4.43. The maximum atomic E-state index is 12.5. The number of halogens is 1. The lowest BCUT2D eigenvalue weighted by atomic mass is 9.95. The van der Waals surface area contributed by atoms with Gasteiger partial charge in [0.05, 0.1) is 4.92 Å². The van der Waals surface area contributed by atoms with Gasteiger partial charge < -0.3 is 4.90 Å². The van der Waals surface area contributed by atoms with Crippen molar-refractivity contribution >= 4 is 27.5 Å². The third-order valence-electron chi connectivity index (χ3n) is 3.98. The molecular formula is C15H19BrN2O3. The third kappa shape index (κ3) is 3.81. The first-order valence-electron chi connectivity index (χ1n) is 7.13. The zero-order valence-electron chi connectivity index (χ0n) is 12.0. The minimum Gasteiger partial charge on any atom is -0.338 e.